The van der Waals surface area contributed by atoms with E-state index in [0.717, 1.165) is 37.8 Å². The van der Waals surface area contributed by atoms with Crippen LogP contribution in [0.3, 0.4) is 0 Å². The summed E-state index contributed by atoms with van der Waals surface area (Å²) in [5.41, 5.74) is 2.92. The highest BCUT2D eigenvalue weighted by molar-refractivity contribution is 5.77. The summed E-state index contributed by atoms with van der Waals surface area (Å²) < 4.78 is 0. The first-order valence-electron chi connectivity index (χ1n) is 10.4. The van der Waals surface area contributed by atoms with Crippen LogP contribution < -0.4 is 0 Å². The molecule has 1 aromatic heterocycles. The molecule has 1 saturated heterocycles. The molecule has 2 heterocycles. The van der Waals surface area contributed by atoms with Gasteiger partial charge in [-0.15, -0.1) is 0 Å². The first kappa shape index (κ1) is 20.0. The number of Topliss-reactive ketones (excluding diaryl/α,β-unsaturated/α-hetero) is 1. The van der Waals surface area contributed by atoms with E-state index in [0.29, 0.717) is 32.4 Å². The molecular weight excluding hydrogens is 340 g/mol. The van der Waals surface area contributed by atoms with Crippen molar-refractivity contribution in [2.45, 2.75) is 83.2 Å². The van der Waals surface area contributed by atoms with Crippen molar-refractivity contribution in [3.63, 3.8) is 0 Å². The van der Waals surface area contributed by atoms with Crippen molar-refractivity contribution in [3.8, 4) is 0 Å². The van der Waals surface area contributed by atoms with Gasteiger partial charge in [0, 0.05) is 37.3 Å². The first-order valence-corrected chi connectivity index (χ1v) is 10.4. The zero-order valence-corrected chi connectivity index (χ0v) is 16.5. The van der Waals surface area contributed by atoms with Gasteiger partial charge in [0.05, 0.1) is 5.60 Å². The fraction of sp³-hybridized carbons (Fsp3) is 0.682. The molecule has 0 atom stereocenters. The molecule has 1 amide bonds. The van der Waals surface area contributed by atoms with Gasteiger partial charge < -0.3 is 10.0 Å². The summed E-state index contributed by atoms with van der Waals surface area (Å²) in [6, 6.07) is 4.38. The second kappa shape index (κ2) is 8.96. The van der Waals surface area contributed by atoms with Crippen molar-refractivity contribution in [1.29, 1.82) is 0 Å². The Hall–Kier alpha value is -1.75. The quantitative estimate of drug-likeness (QED) is 0.747. The summed E-state index contributed by atoms with van der Waals surface area (Å²) in [6.07, 6.45) is 9.30. The lowest BCUT2D eigenvalue weighted by atomic mass is 9.87. The number of aryl methyl sites for hydroxylation is 3. The number of unbranched alkanes of at least 4 members (excludes halogenated alkanes) is 1. The second-order valence-electron chi connectivity index (χ2n) is 8.31. The number of carbonyl (C=O) groups excluding carboxylic acids is 2. The van der Waals surface area contributed by atoms with E-state index >= 15 is 0 Å². The van der Waals surface area contributed by atoms with E-state index in [9.17, 15) is 14.7 Å². The van der Waals surface area contributed by atoms with Crippen molar-refractivity contribution in [2.24, 2.45) is 0 Å². The van der Waals surface area contributed by atoms with Crippen molar-refractivity contribution >= 4 is 11.7 Å². The Morgan fingerprint density at radius 2 is 1.89 bits per heavy atom. The fourth-order valence-corrected chi connectivity index (χ4v) is 4.32. The summed E-state index contributed by atoms with van der Waals surface area (Å²) in [7, 11) is 0. The maximum atomic E-state index is 12.4. The zero-order chi connectivity index (χ0) is 19.3. The molecule has 1 aliphatic carbocycles. The molecule has 3 rings (SSSR count). The minimum atomic E-state index is -0.916. The van der Waals surface area contributed by atoms with E-state index in [-0.39, 0.29) is 18.1 Å². The van der Waals surface area contributed by atoms with E-state index in [1.165, 1.54) is 31.0 Å². The average molecular weight is 373 g/mol. The van der Waals surface area contributed by atoms with Gasteiger partial charge in [0.15, 0.2) is 0 Å². The number of pyridine rings is 1. The van der Waals surface area contributed by atoms with E-state index in [1.807, 2.05) is 4.90 Å². The Morgan fingerprint density at radius 1 is 1.15 bits per heavy atom. The number of nitrogens with zero attached hydrogens (tertiary/aromatic N) is 2. The molecule has 148 valence electrons. The largest absolute Gasteiger partial charge is 0.389 e. The third-order valence-corrected chi connectivity index (χ3v) is 5.93. The van der Waals surface area contributed by atoms with Gasteiger partial charge in [0.25, 0.3) is 0 Å². The van der Waals surface area contributed by atoms with Crippen LogP contribution in [0.2, 0.25) is 0 Å². The smallest absolute Gasteiger partial charge is 0.222 e. The molecule has 1 aliphatic heterocycles. The lowest BCUT2D eigenvalue weighted by molar-refractivity contribution is -0.136. The predicted octanol–water partition coefficient (Wildman–Crippen LogP) is 3.01. The van der Waals surface area contributed by atoms with Crippen LogP contribution >= 0.6 is 0 Å². The van der Waals surface area contributed by atoms with Crippen LogP contribution in [-0.2, 0) is 28.9 Å². The monoisotopic (exact) mass is 372 g/mol. The van der Waals surface area contributed by atoms with Crippen molar-refractivity contribution in [2.75, 3.05) is 13.1 Å². The molecule has 1 fully saturated rings. The van der Waals surface area contributed by atoms with Crippen LogP contribution in [-0.4, -0.2) is 45.4 Å². The van der Waals surface area contributed by atoms with Crippen LogP contribution in [0.15, 0.2) is 12.1 Å². The molecule has 1 aromatic rings. The Balaban J connectivity index is 1.37. The number of hydrogen-bond acceptors (Lipinski definition) is 4. The minimum absolute atomic E-state index is 0.00747. The van der Waals surface area contributed by atoms with Crippen LogP contribution in [0.4, 0.5) is 0 Å². The first-order chi connectivity index (χ1) is 13.0. The Kier molecular flexibility index (Phi) is 6.64. The molecule has 27 heavy (non-hydrogen) atoms. The lowest BCUT2D eigenvalue weighted by Crippen LogP contribution is -2.47. The maximum absolute atomic E-state index is 12.4. The van der Waals surface area contributed by atoms with E-state index in [2.05, 4.69) is 12.1 Å². The highest BCUT2D eigenvalue weighted by atomic mass is 16.3. The number of fused-ring (bicyclic) bond motifs is 1. The second-order valence-corrected chi connectivity index (χ2v) is 8.31. The number of carbonyl (C=O) groups is 2. The molecule has 5 nitrogen and oxygen atoms in total. The third-order valence-electron chi connectivity index (χ3n) is 5.93. The third kappa shape index (κ3) is 5.61. The SMILES string of the molecule is CC(=O)CC1(O)CCN(C(=O)CCCCc2ccc3c(n2)CCCC3)CC1. The van der Waals surface area contributed by atoms with Gasteiger partial charge in [-0.25, -0.2) is 0 Å². The standard InChI is InChI=1S/C22H32N2O3/c1-17(25)16-22(27)12-14-24(15-13-22)21(26)9-5-3-7-19-11-10-18-6-2-4-8-20(18)23-19/h10-11,27H,2-9,12-16H2,1H3. The van der Waals surface area contributed by atoms with Gasteiger partial charge in [-0.3, -0.25) is 14.6 Å². The molecule has 5 heteroatoms. The molecule has 0 spiro atoms. The number of piperidine rings is 1. The van der Waals surface area contributed by atoms with Crippen LogP contribution in [0.5, 0.6) is 0 Å². The van der Waals surface area contributed by atoms with E-state index < -0.39 is 5.60 Å². The van der Waals surface area contributed by atoms with Crippen LogP contribution in [0.1, 0.15) is 75.2 Å². The Labute approximate surface area is 162 Å². The highest BCUT2D eigenvalue weighted by Gasteiger charge is 2.34. The summed E-state index contributed by atoms with van der Waals surface area (Å²) in [5.74, 6) is 0.173. The zero-order valence-electron chi connectivity index (χ0n) is 16.5. The number of likely N-dealkylation sites (tertiary alicyclic amines) is 1. The van der Waals surface area contributed by atoms with Gasteiger partial charge in [0.2, 0.25) is 5.91 Å². The van der Waals surface area contributed by atoms with Gasteiger partial charge in [-0.05, 0) is 76.3 Å². The topological polar surface area (TPSA) is 70.5 Å². The number of amides is 1. The molecule has 0 radical (unpaired) electrons. The minimum Gasteiger partial charge on any atom is -0.389 e. The van der Waals surface area contributed by atoms with Crippen LogP contribution in [0.25, 0.3) is 0 Å². The lowest BCUT2D eigenvalue weighted by Gasteiger charge is -2.37. The van der Waals surface area contributed by atoms with E-state index in [4.69, 9.17) is 4.98 Å². The van der Waals surface area contributed by atoms with Gasteiger partial charge >= 0.3 is 0 Å². The van der Waals surface area contributed by atoms with E-state index in [1.54, 1.807) is 0 Å². The normalized spacial score (nSPS) is 18.8. The number of rotatable bonds is 7. The van der Waals surface area contributed by atoms with Crippen molar-refractivity contribution in [1.82, 2.24) is 9.88 Å². The summed E-state index contributed by atoms with van der Waals surface area (Å²) in [5, 5.41) is 10.4. The molecule has 2 aliphatic rings. The molecular formula is C22H32N2O3. The summed E-state index contributed by atoms with van der Waals surface area (Å²) >= 11 is 0. The van der Waals surface area contributed by atoms with Crippen LogP contribution in [0, 0.1) is 0 Å². The number of aliphatic hydroxyl groups is 1. The fourth-order valence-electron chi connectivity index (χ4n) is 4.32. The summed E-state index contributed by atoms with van der Waals surface area (Å²) in [6.45, 7) is 2.61. The van der Waals surface area contributed by atoms with Crippen molar-refractivity contribution < 1.29 is 14.7 Å². The molecule has 0 unspecified atom stereocenters. The van der Waals surface area contributed by atoms with Gasteiger partial charge in [0.1, 0.15) is 5.78 Å². The number of aromatic nitrogens is 1. The highest BCUT2D eigenvalue weighted by Crippen LogP contribution is 2.26. The molecule has 0 aromatic carbocycles. The molecule has 0 bridgehead atoms. The number of hydrogen-bond donors (Lipinski definition) is 1. The Bertz CT molecular complexity index is 678. The predicted molar refractivity (Wildman–Crippen MR) is 104 cm³/mol. The van der Waals surface area contributed by atoms with Gasteiger partial charge in [-0.2, -0.15) is 0 Å². The molecule has 1 N–H and O–H groups in total. The number of ketones is 1. The van der Waals surface area contributed by atoms with Crippen molar-refractivity contribution in [3.05, 3.63) is 29.1 Å². The average Bonchev–Trinajstić information content (AvgIpc) is 2.64. The molecule has 0 saturated carbocycles. The summed E-state index contributed by atoms with van der Waals surface area (Å²) in [4.78, 5) is 30.3. The Morgan fingerprint density at radius 3 is 2.63 bits per heavy atom. The van der Waals surface area contributed by atoms with Gasteiger partial charge in [-0.1, -0.05) is 6.07 Å². The maximum Gasteiger partial charge on any atom is 0.222 e.